The van der Waals surface area contributed by atoms with E-state index in [1.54, 1.807) is 6.92 Å². The Hall–Kier alpha value is -2.72. The zero-order valence-corrected chi connectivity index (χ0v) is 19.0. The summed E-state index contributed by atoms with van der Waals surface area (Å²) in [6.07, 6.45) is 0. The van der Waals surface area contributed by atoms with Crippen molar-refractivity contribution in [3.05, 3.63) is 55.7 Å². The lowest BCUT2D eigenvalue weighted by molar-refractivity contribution is -0.113. The monoisotopic (exact) mass is 465 g/mol. The van der Waals surface area contributed by atoms with Crippen LogP contribution in [0.2, 0.25) is 5.02 Å². The van der Waals surface area contributed by atoms with Gasteiger partial charge in [0, 0.05) is 18.6 Å². The van der Waals surface area contributed by atoms with Crippen molar-refractivity contribution in [2.24, 2.45) is 13.0 Å². The molecule has 0 fully saturated rings. The van der Waals surface area contributed by atoms with E-state index in [-0.39, 0.29) is 38.4 Å². The Balaban J connectivity index is 1.97. The van der Waals surface area contributed by atoms with Gasteiger partial charge < -0.3 is 5.32 Å². The number of amides is 1. The number of halogens is 2. The first-order valence-electron chi connectivity index (χ1n) is 9.44. The van der Waals surface area contributed by atoms with Crippen LogP contribution >= 0.6 is 23.4 Å². The number of anilines is 1. The van der Waals surface area contributed by atoms with Gasteiger partial charge in [0.2, 0.25) is 5.91 Å². The van der Waals surface area contributed by atoms with Gasteiger partial charge in [0.1, 0.15) is 22.1 Å². The molecule has 0 atom stereocenters. The van der Waals surface area contributed by atoms with Crippen molar-refractivity contribution in [1.82, 2.24) is 19.1 Å². The van der Waals surface area contributed by atoms with E-state index in [9.17, 15) is 18.8 Å². The molecule has 1 aromatic carbocycles. The van der Waals surface area contributed by atoms with Crippen molar-refractivity contribution in [2.45, 2.75) is 32.3 Å². The summed E-state index contributed by atoms with van der Waals surface area (Å²) < 4.78 is 16.4. The van der Waals surface area contributed by atoms with Crippen molar-refractivity contribution >= 4 is 46.0 Å². The van der Waals surface area contributed by atoms with E-state index < -0.39 is 23.0 Å². The number of hydrogen-bond donors (Lipinski definition) is 1. The molecule has 0 saturated heterocycles. The maximum atomic E-state index is 13.9. The summed E-state index contributed by atoms with van der Waals surface area (Å²) in [5, 5.41) is 3.14. The highest BCUT2D eigenvalue weighted by Gasteiger charge is 2.19. The third kappa shape index (κ3) is 4.96. The minimum atomic E-state index is -0.652. The zero-order valence-electron chi connectivity index (χ0n) is 17.4. The van der Waals surface area contributed by atoms with Crippen LogP contribution < -0.4 is 16.6 Å². The molecule has 0 radical (unpaired) electrons. The number of aromatic nitrogens is 4. The Kier molecular flexibility index (Phi) is 6.80. The van der Waals surface area contributed by atoms with E-state index in [0.29, 0.717) is 12.4 Å². The van der Waals surface area contributed by atoms with Gasteiger partial charge in [-0.1, -0.05) is 37.2 Å². The number of aryl methyl sites for hydroxylation is 1. The molecule has 11 heteroatoms. The minimum absolute atomic E-state index is 0.000381. The summed E-state index contributed by atoms with van der Waals surface area (Å²) in [6.45, 7) is 5.93. The lowest BCUT2D eigenvalue weighted by Gasteiger charge is -2.15. The molecule has 0 unspecified atom stereocenters. The summed E-state index contributed by atoms with van der Waals surface area (Å²) >= 11 is 6.74. The number of carbonyl (C=O) groups excluding carboxylic acids is 1. The van der Waals surface area contributed by atoms with Crippen LogP contribution in [-0.2, 0) is 18.4 Å². The first kappa shape index (κ1) is 23.0. The second-order valence-corrected chi connectivity index (χ2v) is 8.79. The maximum Gasteiger partial charge on any atom is 0.332 e. The molecule has 164 valence electrons. The molecule has 0 saturated carbocycles. The molecule has 2 aromatic heterocycles. The Morgan fingerprint density at radius 2 is 2.00 bits per heavy atom. The zero-order chi connectivity index (χ0) is 22.9. The molecule has 0 bridgehead atoms. The minimum Gasteiger partial charge on any atom is -0.323 e. The largest absolute Gasteiger partial charge is 0.332 e. The molecular formula is C20H21ClFN5O3S. The SMILES string of the molecule is Cc1nc(SCC(=O)Nc2ccc(Cl)cc2F)c2c(=O)n(C)c(=O)n(CC(C)C)c2n1. The number of rotatable bonds is 6. The van der Waals surface area contributed by atoms with Crippen molar-refractivity contribution in [3.63, 3.8) is 0 Å². The molecule has 0 spiro atoms. The summed E-state index contributed by atoms with van der Waals surface area (Å²) in [5.74, 6) is -0.752. The number of carbonyl (C=O) groups is 1. The van der Waals surface area contributed by atoms with Gasteiger partial charge in [0.05, 0.1) is 11.4 Å². The van der Waals surface area contributed by atoms with Crippen molar-refractivity contribution in [3.8, 4) is 0 Å². The fourth-order valence-electron chi connectivity index (χ4n) is 2.99. The van der Waals surface area contributed by atoms with Gasteiger partial charge in [-0.3, -0.25) is 18.7 Å². The van der Waals surface area contributed by atoms with Crippen LogP contribution in [-0.4, -0.2) is 30.8 Å². The van der Waals surface area contributed by atoms with Gasteiger partial charge in [-0.15, -0.1) is 0 Å². The average molecular weight is 466 g/mol. The molecule has 2 heterocycles. The lowest BCUT2D eigenvalue weighted by atomic mass is 10.2. The highest BCUT2D eigenvalue weighted by atomic mass is 35.5. The molecule has 1 amide bonds. The fourth-order valence-corrected chi connectivity index (χ4v) is 4.00. The van der Waals surface area contributed by atoms with Crippen LogP contribution in [0.15, 0.2) is 32.8 Å². The molecule has 1 N–H and O–H groups in total. The van der Waals surface area contributed by atoms with Gasteiger partial charge >= 0.3 is 5.69 Å². The first-order chi connectivity index (χ1) is 14.6. The summed E-state index contributed by atoms with van der Waals surface area (Å²) in [5.41, 5.74) is -0.760. The first-order valence-corrected chi connectivity index (χ1v) is 10.8. The highest BCUT2D eigenvalue weighted by Crippen LogP contribution is 2.24. The molecule has 31 heavy (non-hydrogen) atoms. The van der Waals surface area contributed by atoms with Crippen molar-refractivity contribution in [2.75, 3.05) is 11.1 Å². The Morgan fingerprint density at radius 1 is 1.29 bits per heavy atom. The van der Waals surface area contributed by atoms with Crippen LogP contribution in [0.4, 0.5) is 10.1 Å². The van der Waals surface area contributed by atoms with E-state index in [1.165, 1.54) is 23.7 Å². The fraction of sp³-hybridized carbons (Fsp3) is 0.350. The van der Waals surface area contributed by atoms with Crippen molar-refractivity contribution < 1.29 is 9.18 Å². The number of nitrogens with zero attached hydrogens (tertiary/aromatic N) is 4. The normalized spacial score (nSPS) is 11.3. The van der Waals surface area contributed by atoms with Crippen LogP contribution in [0.25, 0.3) is 11.0 Å². The Labute approximate surface area is 186 Å². The van der Waals surface area contributed by atoms with Crippen LogP contribution in [0, 0.1) is 18.7 Å². The number of thioether (sulfide) groups is 1. The van der Waals surface area contributed by atoms with Gasteiger partial charge in [-0.25, -0.2) is 19.2 Å². The third-order valence-corrected chi connectivity index (χ3v) is 5.56. The Morgan fingerprint density at radius 3 is 2.65 bits per heavy atom. The Bertz CT molecular complexity index is 1290. The molecule has 0 aliphatic carbocycles. The number of benzene rings is 1. The highest BCUT2D eigenvalue weighted by molar-refractivity contribution is 8.00. The molecule has 3 aromatic rings. The maximum absolute atomic E-state index is 13.9. The number of fused-ring (bicyclic) bond motifs is 1. The molecule has 3 rings (SSSR count). The van der Waals surface area contributed by atoms with E-state index in [1.807, 2.05) is 13.8 Å². The second-order valence-electron chi connectivity index (χ2n) is 7.39. The summed E-state index contributed by atoms with van der Waals surface area (Å²) in [4.78, 5) is 46.5. The second kappa shape index (κ2) is 9.19. The number of nitrogens with one attached hydrogen (secondary N) is 1. The number of hydrogen-bond acceptors (Lipinski definition) is 6. The van der Waals surface area contributed by atoms with Crippen LogP contribution in [0.5, 0.6) is 0 Å². The van der Waals surface area contributed by atoms with E-state index in [4.69, 9.17) is 11.6 Å². The van der Waals surface area contributed by atoms with E-state index >= 15 is 0 Å². The lowest BCUT2D eigenvalue weighted by Crippen LogP contribution is -2.39. The van der Waals surface area contributed by atoms with Gasteiger partial charge in [-0.05, 0) is 31.0 Å². The van der Waals surface area contributed by atoms with Crippen LogP contribution in [0.1, 0.15) is 19.7 Å². The average Bonchev–Trinajstić information content (AvgIpc) is 2.69. The summed E-state index contributed by atoms with van der Waals surface area (Å²) in [7, 11) is 1.39. The van der Waals surface area contributed by atoms with E-state index in [2.05, 4.69) is 15.3 Å². The smallest absolute Gasteiger partial charge is 0.323 e. The van der Waals surface area contributed by atoms with Gasteiger partial charge in [0.25, 0.3) is 5.56 Å². The molecule has 8 nitrogen and oxygen atoms in total. The molecule has 0 aliphatic heterocycles. The van der Waals surface area contributed by atoms with Crippen LogP contribution in [0.3, 0.4) is 0 Å². The van der Waals surface area contributed by atoms with Gasteiger partial charge in [-0.2, -0.15) is 0 Å². The van der Waals surface area contributed by atoms with Gasteiger partial charge in [0.15, 0.2) is 5.65 Å². The quantitative estimate of drug-likeness (QED) is 0.444. The van der Waals surface area contributed by atoms with E-state index in [0.717, 1.165) is 22.4 Å². The standard InChI is InChI=1S/C20H21ClFN5O3S/c1-10(2)8-27-17-16(19(29)26(4)20(27)30)18(24-11(3)23-17)31-9-15(28)25-14-6-5-12(21)7-13(14)22/h5-7,10H,8-9H2,1-4H3,(H,25,28). The molecule has 0 aliphatic rings. The topological polar surface area (TPSA) is 98.9 Å². The third-order valence-electron chi connectivity index (χ3n) is 4.35. The van der Waals surface area contributed by atoms with Crippen molar-refractivity contribution in [1.29, 1.82) is 0 Å². The predicted molar refractivity (Wildman–Crippen MR) is 119 cm³/mol. The summed E-state index contributed by atoms with van der Waals surface area (Å²) in [6, 6.07) is 3.93. The molecular weight excluding hydrogens is 445 g/mol. The predicted octanol–water partition coefficient (Wildman–Crippen LogP) is 2.98.